The van der Waals surface area contributed by atoms with Gasteiger partial charge in [-0.2, -0.15) is 0 Å². The summed E-state index contributed by atoms with van der Waals surface area (Å²) in [5.74, 6) is 1.50. The zero-order valence-electron chi connectivity index (χ0n) is 9.73. The van der Waals surface area contributed by atoms with Crippen LogP contribution in [0.25, 0.3) is 0 Å². The molecule has 0 aliphatic carbocycles. The van der Waals surface area contributed by atoms with Crippen LogP contribution >= 0.6 is 0 Å². The van der Waals surface area contributed by atoms with E-state index >= 15 is 0 Å². The van der Waals surface area contributed by atoms with Gasteiger partial charge in [0.1, 0.15) is 5.76 Å². The molecule has 2 atom stereocenters. The van der Waals surface area contributed by atoms with Crippen LogP contribution in [0.2, 0.25) is 0 Å². The fourth-order valence-electron chi connectivity index (χ4n) is 1.74. The summed E-state index contributed by atoms with van der Waals surface area (Å²) in [4.78, 5) is 0. The van der Waals surface area contributed by atoms with Gasteiger partial charge in [0.05, 0.1) is 18.9 Å². The predicted molar refractivity (Wildman–Crippen MR) is 60.6 cm³/mol. The SMILES string of the molecule is CC(C)C[C@H](CO)N[C@@H](C)c1ccco1. The van der Waals surface area contributed by atoms with Gasteiger partial charge in [-0.3, -0.25) is 0 Å². The minimum Gasteiger partial charge on any atom is -0.468 e. The maximum atomic E-state index is 9.23. The van der Waals surface area contributed by atoms with Crippen molar-refractivity contribution in [2.75, 3.05) is 6.61 Å². The van der Waals surface area contributed by atoms with E-state index in [1.807, 2.05) is 19.1 Å². The van der Waals surface area contributed by atoms with Gasteiger partial charge in [-0.15, -0.1) is 0 Å². The standard InChI is InChI=1S/C12H21NO2/c1-9(2)7-11(8-14)13-10(3)12-5-4-6-15-12/h4-6,9-11,13-14H,7-8H2,1-3H3/t10-,11+/m0/s1. The van der Waals surface area contributed by atoms with Gasteiger partial charge in [0, 0.05) is 6.04 Å². The number of nitrogens with one attached hydrogen (secondary N) is 1. The number of rotatable bonds is 6. The second kappa shape index (κ2) is 5.93. The lowest BCUT2D eigenvalue weighted by atomic mass is 10.0. The van der Waals surface area contributed by atoms with Crippen LogP contribution in [-0.4, -0.2) is 17.8 Å². The van der Waals surface area contributed by atoms with Crippen molar-refractivity contribution < 1.29 is 9.52 Å². The monoisotopic (exact) mass is 211 g/mol. The minimum absolute atomic E-state index is 0.144. The molecule has 0 saturated carbocycles. The first-order chi connectivity index (χ1) is 7.13. The number of aliphatic hydroxyl groups is 1. The van der Waals surface area contributed by atoms with E-state index in [2.05, 4.69) is 19.2 Å². The number of hydrogen-bond acceptors (Lipinski definition) is 3. The fraction of sp³-hybridized carbons (Fsp3) is 0.667. The maximum Gasteiger partial charge on any atom is 0.120 e. The zero-order valence-corrected chi connectivity index (χ0v) is 9.73. The van der Waals surface area contributed by atoms with Crippen molar-refractivity contribution in [1.29, 1.82) is 0 Å². The molecule has 3 heteroatoms. The summed E-state index contributed by atoms with van der Waals surface area (Å²) in [6, 6.07) is 4.12. The van der Waals surface area contributed by atoms with Gasteiger partial charge >= 0.3 is 0 Å². The van der Waals surface area contributed by atoms with Gasteiger partial charge in [-0.1, -0.05) is 13.8 Å². The van der Waals surface area contributed by atoms with E-state index in [0.717, 1.165) is 12.2 Å². The summed E-state index contributed by atoms with van der Waals surface area (Å²) in [7, 11) is 0. The lowest BCUT2D eigenvalue weighted by molar-refractivity contribution is 0.210. The highest BCUT2D eigenvalue weighted by atomic mass is 16.3. The highest BCUT2D eigenvalue weighted by molar-refractivity contribution is 5.03. The normalized spacial score (nSPS) is 15.5. The molecule has 0 spiro atoms. The van der Waals surface area contributed by atoms with E-state index in [9.17, 15) is 5.11 Å². The molecular formula is C12H21NO2. The van der Waals surface area contributed by atoms with E-state index in [-0.39, 0.29) is 18.7 Å². The molecule has 0 fully saturated rings. The van der Waals surface area contributed by atoms with Gasteiger partial charge in [-0.25, -0.2) is 0 Å². The van der Waals surface area contributed by atoms with Crippen molar-refractivity contribution in [3.63, 3.8) is 0 Å². The Balaban J connectivity index is 2.44. The molecule has 3 nitrogen and oxygen atoms in total. The number of aliphatic hydroxyl groups excluding tert-OH is 1. The first-order valence-corrected chi connectivity index (χ1v) is 5.53. The average molecular weight is 211 g/mol. The molecule has 2 N–H and O–H groups in total. The van der Waals surface area contributed by atoms with Gasteiger partial charge in [0.2, 0.25) is 0 Å². The lowest BCUT2D eigenvalue weighted by Gasteiger charge is -2.21. The Morgan fingerprint density at radius 2 is 2.13 bits per heavy atom. The summed E-state index contributed by atoms with van der Waals surface area (Å²) in [6.45, 7) is 6.52. The Kier molecular flexibility index (Phi) is 4.85. The van der Waals surface area contributed by atoms with E-state index in [1.54, 1.807) is 6.26 Å². The Bertz CT molecular complexity index is 257. The van der Waals surface area contributed by atoms with Crippen LogP contribution in [-0.2, 0) is 0 Å². The predicted octanol–water partition coefficient (Wildman–Crippen LogP) is 2.34. The molecule has 15 heavy (non-hydrogen) atoms. The second-order valence-electron chi connectivity index (χ2n) is 4.41. The van der Waals surface area contributed by atoms with Crippen molar-refractivity contribution in [3.05, 3.63) is 24.2 Å². The largest absolute Gasteiger partial charge is 0.468 e. The molecule has 1 rings (SSSR count). The van der Waals surface area contributed by atoms with Gasteiger partial charge < -0.3 is 14.8 Å². The molecular weight excluding hydrogens is 190 g/mol. The number of furan rings is 1. The van der Waals surface area contributed by atoms with E-state index in [4.69, 9.17) is 4.42 Å². The summed E-state index contributed by atoms with van der Waals surface area (Å²) < 4.78 is 5.30. The van der Waals surface area contributed by atoms with Crippen LogP contribution in [0.4, 0.5) is 0 Å². The molecule has 1 aromatic heterocycles. The summed E-state index contributed by atoms with van der Waals surface area (Å²) in [5, 5.41) is 12.6. The third-order valence-electron chi connectivity index (χ3n) is 2.43. The molecule has 0 aliphatic heterocycles. The highest BCUT2D eigenvalue weighted by Gasteiger charge is 2.15. The molecule has 0 radical (unpaired) electrons. The third kappa shape index (κ3) is 4.06. The van der Waals surface area contributed by atoms with E-state index < -0.39 is 0 Å². The molecule has 86 valence electrons. The lowest BCUT2D eigenvalue weighted by Crippen LogP contribution is -2.35. The molecule has 1 heterocycles. The maximum absolute atomic E-state index is 9.23. The molecule has 0 amide bonds. The molecule has 0 bridgehead atoms. The van der Waals surface area contributed by atoms with Crippen molar-refractivity contribution in [1.82, 2.24) is 5.32 Å². The summed E-state index contributed by atoms with van der Waals surface area (Å²) in [6.07, 6.45) is 2.64. The topological polar surface area (TPSA) is 45.4 Å². The van der Waals surface area contributed by atoms with Crippen molar-refractivity contribution in [2.24, 2.45) is 5.92 Å². The zero-order chi connectivity index (χ0) is 11.3. The Morgan fingerprint density at radius 1 is 1.40 bits per heavy atom. The van der Waals surface area contributed by atoms with Gasteiger partial charge in [-0.05, 0) is 31.4 Å². The Hall–Kier alpha value is -0.800. The first-order valence-electron chi connectivity index (χ1n) is 5.53. The molecule has 1 aromatic rings. The number of hydrogen-bond donors (Lipinski definition) is 2. The van der Waals surface area contributed by atoms with E-state index in [0.29, 0.717) is 5.92 Å². The third-order valence-corrected chi connectivity index (χ3v) is 2.43. The van der Waals surface area contributed by atoms with Crippen molar-refractivity contribution in [2.45, 2.75) is 39.3 Å². The molecule has 0 saturated heterocycles. The van der Waals surface area contributed by atoms with Crippen LogP contribution in [0.15, 0.2) is 22.8 Å². The fourth-order valence-corrected chi connectivity index (χ4v) is 1.74. The molecule has 0 unspecified atom stereocenters. The van der Waals surface area contributed by atoms with Crippen LogP contribution in [0.3, 0.4) is 0 Å². The van der Waals surface area contributed by atoms with Crippen LogP contribution in [0.1, 0.15) is 39.0 Å². The average Bonchev–Trinajstić information content (AvgIpc) is 2.68. The van der Waals surface area contributed by atoms with Crippen molar-refractivity contribution in [3.8, 4) is 0 Å². The first kappa shape index (κ1) is 12.3. The highest BCUT2D eigenvalue weighted by Crippen LogP contribution is 2.15. The van der Waals surface area contributed by atoms with Crippen LogP contribution < -0.4 is 5.32 Å². The molecule has 0 aromatic carbocycles. The van der Waals surface area contributed by atoms with Crippen LogP contribution in [0, 0.1) is 5.92 Å². The second-order valence-corrected chi connectivity index (χ2v) is 4.41. The minimum atomic E-state index is 0.144. The van der Waals surface area contributed by atoms with Gasteiger partial charge in [0.25, 0.3) is 0 Å². The van der Waals surface area contributed by atoms with Crippen LogP contribution in [0.5, 0.6) is 0 Å². The van der Waals surface area contributed by atoms with Crippen molar-refractivity contribution >= 4 is 0 Å². The smallest absolute Gasteiger partial charge is 0.120 e. The summed E-state index contributed by atoms with van der Waals surface area (Å²) in [5.41, 5.74) is 0. The quantitative estimate of drug-likeness (QED) is 0.759. The summed E-state index contributed by atoms with van der Waals surface area (Å²) >= 11 is 0. The van der Waals surface area contributed by atoms with E-state index in [1.165, 1.54) is 0 Å². The Labute approximate surface area is 91.5 Å². The molecule has 0 aliphatic rings. The Morgan fingerprint density at radius 3 is 2.60 bits per heavy atom. The van der Waals surface area contributed by atoms with Gasteiger partial charge in [0.15, 0.2) is 0 Å².